The molecule has 1 aromatic carbocycles. The Hall–Kier alpha value is -2.47. The molecule has 25 heavy (non-hydrogen) atoms. The average molecular weight is 339 g/mol. The summed E-state index contributed by atoms with van der Waals surface area (Å²) in [6, 6.07) is 9.75. The normalized spacial score (nSPS) is 24.1. The molecule has 0 N–H and O–H groups in total. The summed E-state index contributed by atoms with van der Waals surface area (Å²) >= 11 is 0. The van der Waals surface area contributed by atoms with Gasteiger partial charge in [0.25, 0.3) is 5.91 Å². The second kappa shape index (κ2) is 6.44. The van der Waals surface area contributed by atoms with E-state index < -0.39 is 0 Å². The summed E-state index contributed by atoms with van der Waals surface area (Å²) in [5.41, 5.74) is 0.494. The molecule has 2 fully saturated rings. The molecule has 0 bridgehead atoms. The number of rotatable bonds is 1. The first-order valence-corrected chi connectivity index (χ1v) is 8.65. The van der Waals surface area contributed by atoms with Crippen LogP contribution in [-0.4, -0.2) is 65.5 Å². The zero-order chi connectivity index (χ0) is 17.4. The van der Waals surface area contributed by atoms with Crippen molar-refractivity contribution in [1.29, 1.82) is 0 Å². The summed E-state index contributed by atoms with van der Waals surface area (Å²) in [7, 11) is 1.83. The number of benzene rings is 1. The first-order chi connectivity index (χ1) is 12.1. The minimum Gasteiger partial charge on any atom is -0.366 e. The van der Waals surface area contributed by atoms with Gasteiger partial charge in [-0.05, 0) is 24.3 Å². The Bertz CT molecular complexity index is 817. The molecule has 2 aromatic rings. The lowest BCUT2D eigenvalue weighted by Crippen LogP contribution is -2.52. The van der Waals surface area contributed by atoms with Gasteiger partial charge in [-0.1, -0.05) is 24.3 Å². The second-order valence-electron chi connectivity index (χ2n) is 6.67. The number of ether oxygens (including phenoxy) is 1. The molecule has 4 rings (SSSR count). The van der Waals surface area contributed by atoms with E-state index in [0.29, 0.717) is 18.8 Å². The van der Waals surface area contributed by atoms with Crippen molar-refractivity contribution in [2.45, 2.75) is 25.0 Å². The zero-order valence-electron chi connectivity index (χ0n) is 14.2. The lowest BCUT2D eigenvalue weighted by Gasteiger charge is -2.37. The maximum Gasteiger partial charge on any atom is 0.273 e. The van der Waals surface area contributed by atoms with Crippen molar-refractivity contribution in [3.63, 3.8) is 0 Å². The molecular weight excluding hydrogens is 318 g/mol. The number of likely N-dealkylation sites (tertiary alicyclic amines) is 1. The lowest BCUT2D eigenvalue weighted by atomic mass is 10.0. The highest BCUT2D eigenvalue weighted by Crippen LogP contribution is 2.25. The summed E-state index contributed by atoms with van der Waals surface area (Å²) in [6.45, 7) is 1.36. The molecule has 2 saturated heterocycles. The molecule has 6 nitrogen and oxygen atoms in total. The Morgan fingerprint density at radius 2 is 2.00 bits per heavy atom. The monoisotopic (exact) mass is 339 g/mol. The van der Waals surface area contributed by atoms with E-state index in [0.717, 1.165) is 23.6 Å². The fourth-order valence-electron chi connectivity index (χ4n) is 3.81. The van der Waals surface area contributed by atoms with Gasteiger partial charge < -0.3 is 14.5 Å². The SMILES string of the molecule is CN1C(=O)CO[C@H]2CCN(C(=O)c3nccc4ccccc34)CC[C@@H]21. The van der Waals surface area contributed by atoms with Crippen LogP contribution in [0.4, 0.5) is 0 Å². The van der Waals surface area contributed by atoms with Crippen molar-refractivity contribution in [2.75, 3.05) is 26.7 Å². The highest BCUT2D eigenvalue weighted by atomic mass is 16.5. The number of morpholine rings is 1. The van der Waals surface area contributed by atoms with Gasteiger partial charge in [0, 0.05) is 31.7 Å². The Labute approximate surface area is 146 Å². The van der Waals surface area contributed by atoms with Gasteiger partial charge in [0.1, 0.15) is 12.3 Å². The molecule has 0 aliphatic carbocycles. The predicted octanol–water partition coefficient (Wildman–Crippen LogP) is 1.70. The number of carbonyl (C=O) groups excluding carboxylic acids is 2. The molecule has 0 radical (unpaired) electrons. The minimum absolute atomic E-state index is 0.000904. The number of pyridine rings is 1. The maximum absolute atomic E-state index is 13.1. The van der Waals surface area contributed by atoms with E-state index in [2.05, 4.69) is 4.98 Å². The van der Waals surface area contributed by atoms with Crippen LogP contribution in [0.1, 0.15) is 23.3 Å². The second-order valence-corrected chi connectivity index (χ2v) is 6.67. The van der Waals surface area contributed by atoms with E-state index in [9.17, 15) is 9.59 Å². The van der Waals surface area contributed by atoms with Gasteiger partial charge in [0.05, 0.1) is 12.1 Å². The van der Waals surface area contributed by atoms with E-state index in [4.69, 9.17) is 4.74 Å². The lowest BCUT2D eigenvalue weighted by molar-refractivity contribution is -0.154. The molecule has 2 aliphatic heterocycles. The van der Waals surface area contributed by atoms with E-state index in [1.807, 2.05) is 42.3 Å². The van der Waals surface area contributed by atoms with Gasteiger partial charge in [0.2, 0.25) is 5.91 Å². The van der Waals surface area contributed by atoms with Crippen LogP contribution in [0.3, 0.4) is 0 Å². The third kappa shape index (κ3) is 2.87. The van der Waals surface area contributed by atoms with Crippen molar-refractivity contribution >= 4 is 22.6 Å². The number of aromatic nitrogens is 1. The van der Waals surface area contributed by atoms with Crippen molar-refractivity contribution in [3.8, 4) is 0 Å². The fourth-order valence-corrected chi connectivity index (χ4v) is 3.81. The Morgan fingerprint density at radius 1 is 1.20 bits per heavy atom. The largest absolute Gasteiger partial charge is 0.366 e. The topological polar surface area (TPSA) is 62.7 Å². The molecule has 2 amide bonds. The number of hydrogen-bond acceptors (Lipinski definition) is 4. The molecule has 2 aliphatic rings. The summed E-state index contributed by atoms with van der Waals surface area (Å²) in [6.07, 6.45) is 3.14. The standard InChI is InChI=1S/C19H21N3O3/c1-21-15-7-10-22(11-8-16(15)25-12-17(21)23)19(24)18-14-5-3-2-4-13(14)6-9-20-18/h2-6,9,15-16H,7-8,10-12H2,1H3/t15-,16-/m0/s1. The first-order valence-electron chi connectivity index (χ1n) is 8.65. The minimum atomic E-state index is -0.0515. The highest BCUT2D eigenvalue weighted by molar-refractivity contribution is 6.05. The van der Waals surface area contributed by atoms with Gasteiger partial charge in [-0.2, -0.15) is 0 Å². The number of hydrogen-bond donors (Lipinski definition) is 0. The molecule has 2 atom stereocenters. The molecule has 0 spiro atoms. The molecule has 0 unspecified atom stereocenters. The van der Waals surface area contributed by atoms with Gasteiger partial charge in [-0.25, -0.2) is 0 Å². The van der Waals surface area contributed by atoms with E-state index >= 15 is 0 Å². The van der Waals surface area contributed by atoms with Crippen molar-refractivity contribution in [1.82, 2.24) is 14.8 Å². The number of amides is 2. The summed E-state index contributed by atoms with van der Waals surface area (Å²) in [5.74, 6) is -0.0406. The number of fused-ring (bicyclic) bond motifs is 2. The Balaban J connectivity index is 1.58. The van der Waals surface area contributed by atoms with Crippen LogP contribution >= 0.6 is 0 Å². The molecule has 3 heterocycles. The third-order valence-corrected chi connectivity index (χ3v) is 5.28. The number of likely N-dealkylation sites (N-methyl/N-ethyl adjacent to an activating group) is 1. The Kier molecular flexibility index (Phi) is 4.13. The van der Waals surface area contributed by atoms with Gasteiger partial charge in [-0.3, -0.25) is 14.6 Å². The summed E-state index contributed by atoms with van der Waals surface area (Å²) in [5, 5.41) is 1.89. The van der Waals surface area contributed by atoms with Gasteiger partial charge >= 0.3 is 0 Å². The molecule has 1 aromatic heterocycles. The van der Waals surface area contributed by atoms with Crippen LogP contribution in [0, 0.1) is 0 Å². The average Bonchev–Trinajstić information content (AvgIpc) is 2.87. The zero-order valence-corrected chi connectivity index (χ0v) is 14.2. The number of carbonyl (C=O) groups is 2. The van der Waals surface area contributed by atoms with Crippen LogP contribution in [0.5, 0.6) is 0 Å². The third-order valence-electron chi connectivity index (χ3n) is 5.28. The van der Waals surface area contributed by atoms with Crippen LogP contribution in [0.15, 0.2) is 36.5 Å². The van der Waals surface area contributed by atoms with Crippen LogP contribution in [0.2, 0.25) is 0 Å². The van der Waals surface area contributed by atoms with E-state index in [1.54, 1.807) is 11.1 Å². The first kappa shape index (κ1) is 16.0. The van der Waals surface area contributed by atoms with Crippen LogP contribution in [-0.2, 0) is 9.53 Å². The fraction of sp³-hybridized carbons (Fsp3) is 0.421. The van der Waals surface area contributed by atoms with E-state index in [-0.39, 0.29) is 30.6 Å². The van der Waals surface area contributed by atoms with E-state index in [1.165, 1.54) is 0 Å². The number of nitrogens with zero attached hydrogens (tertiary/aromatic N) is 3. The molecule has 0 saturated carbocycles. The quantitative estimate of drug-likeness (QED) is 0.793. The van der Waals surface area contributed by atoms with Gasteiger partial charge in [-0.15, -0.1) is 0 Å². The molecule has 6 heteroatoms. The van der Waals surface area contributed by atoms with Crippen molar-refractivity contribution < 1.29 is 14.3 Å². The Morgan fingerprint density at radius 3 is 2.88 bits per heavy atom. The van der Waals surface area contributed by atoms with Crippen molar-refractivity contribution in [2.24, 2.45) is 0 Å². The summed E-state index contributed by atoms with van der Waals surface area (Å²) < 4.78 is 5.70. The van der Waals surface area contributed by atoms with Crippen LogP contribution in [0.25, 0.3) is 10.8 Å². The maximum atomic E-state index is 13.1. The summed E-state index contributed by atoms with van der Waals surface area (Å²) in [4.78, 5) is 32.9. The predicted molar refractivity (Wildman–Crippen MR) is 93.2 cm³/mol. The smallest absolute Gasteiger partial charge is 0.273 e. The molecular formula is C19H21N3O3. The molecule has 130 valence electrons. The van der Waals surface area contributed by atoms with Crippen molar-refractivity contribution in [3.05, 3.63) is 42.2 Å². The highest BCUT2D eigenvalue weighted by Gasteiger charge is 2.37. The van der Waals surface area contributed by atoms with Gasteiger partial charge in [0.15, 0.2) is 0 Å². The van der Waals surface area contributed by atoms with Crippen LogP contribution < -0.4 is 0 Å².